The van der Waals surface area contributed by atoms with Gasteiger partial charge in [0.2, 0.25) is 0 Å². The molecule has 0 atom stereocenters. The summed E-state index contributed by atoms with van der Waals surface area (Å²) in [4.78, 5) is 12.4. The lowest BCUT2D eigenvalue weighted by atomic mass is 10.1. The molecule has 1 amide bonds. The summed E-state index contributed by atoms with van der Waals surface area (Å²) < 4.78 is 16.4. The molecular formula is C24H25NO4. The van der Waals surface area contributed by atoms with Crippen molar-refractivity contribution >= 4 is 5.91 Å². The fourth-order valence-electron chi connectivity index (χ4n) is 2.88. The van der Waals surface area contributed by atoms with Crippen molar-refractivity contribution in [3.63, 3.8) is 0 Å². The van der Waals surface area contributed by atoms with Crippen LogP contribution >= 0.6 is 0 Å². The molecular weight excluding hydrogens is 366 g/mol. The zero-order valence-electron chi connectivity index (χ0n) is 16.7. The van der Waals surface area contributed by atoms with Gasteiger partial charge >= 0.3 is 0 Å². The van der Waals surface area contributed by atoms with Crippen molar-refractivity contribution in [2.75, 3.05) is 14.2 Å². The van der Waals surface area contributed by atoms with Crippen molar-refractivity contribution in [2.45, 2.75) is 19.8 Å². The second-order valence-corrected chi connectivity index (χ2v) is 6.57. The Labute approximate surface area is 171 Å². The van der Waals surface area contributed by atoms with E-state index in [1.165, 1.54) is 0 Å². The van der Waals surface area contributed by atoms with E-state index in [4.69, 9.17) is 14.2 Å². The highest BCUT2D eigenvalue weighted by atomic mass is 16.5. The van der Waals surface area contributed by atoms with Crippen LogP contribution in [0.1, 0.15) is 27.0 Å². The Hall–Kier alpha value is -3.31. The topological polar surface area (TPSA) is 56.8 Å². The summed E-state index contributed by atoms with van der Waals surface area (Å²) in [7, 11) is 3.25. The summed E-state index contributed by atoms with van der Waals surface area (Å²) in [5.74, 6) is 1.18. The molecule has 0 bridgehead atoms. The molecule has 0 radical (unpaired) electrons. The van der Waals surface area contributed by atoms with Gasteiger partial charge in [-0.2, -0.15) is 0 Å². The maximum absolute atomic E-state index is 12.4. The van der Waals surface area contributed by atoms with Crippen molar-refractivity contribution in [2.24, 2.45) is 0 Å². The quantitative estimate of drug-likeness (QED) is 0.589. The summed E-state index contributed by atoms with van der Waals surface area (Å²) >= 11 is 0. The van der Waals surface area contributed by atoms with E-state index in [1.54, 1.807) is 26.4 Å². The van der Waals surface area contributed by atoms with Gasteiger partial charge in [-0.05, 0) is 41.0 Å². The number of benzene rings is 3. The van der Waals surface area contributed by atoms with Crippen LogP contribution in [0, 0.1) is 0 Å². The Morgan fingerprint density at radius 2 is 1.48 bits per heavy atom. The highest BCUT2D eigenvalue weighted by molar-refractivity contribution is 5.94. The Balaban J connectivity index is 1.58. The van der Waals surface area contributed by atoms with Gasteiger partial charge in [0.05, 0.1) is 13.7 Å². The van der Waals surface area contributed by atoms with Crippen LogP contribution in [0.5, 0.6) is 11.5 Å². The van der Waals surface area contributed by atoms with Crippen molar-refractivity contribution in [1.29, 1.82) is 0 Å². The van der Waals surface area contributed by atoms with Crippen molar-refractivity contribution in [3.05, 3.63) is 95.1 Å². The largest absolute Gasteiger partial charge is 0.493 e. The summed E-state index contributed by atoms with van der Waals surface area (Å²) in [6.07, 6.45) is 0. The molecule has 0 spiro atoms. The molecule has 0 unspecified atom stereocenters. The molecule has 29 heavy (non-hydrogen) atoms. The average Bonchev–Trinajstić information content (AvgIpc) is 2.77. The van der Waals surface area contributed by atoms with Crippen LogP contribution in [0.4, 0.5) is 0 Å². The molecule has 0 aromatic heterocycles. The van der Waals surface area contributed by atoms with Gasteiger partial charge in [0.1, 0.15) is 6.61 Å². The number of rotatable bonds is 9. The third kappa shape index (κ3) is 5.83. The maximum Gasteiger partial charge on any atom is 0.251 e. The molecule has 0 saturated carbocycles. The van der Waals surface area contributed by atoms with Crippen LogP contribution in [0.2, 0.25) is 0 Å². The van der Waals surface area contributed by atoms with E-state index in [0.717, 1.165) is 16.7 Å². The van der Waals surface area contributed by atoms with E-state index in [1.807, 2.05) is 60.7 Å². The van der Waals surface area contributed by atoms with E-state index in [0.29, 0.717) is 36.8 Å². The molecule has 0 aliphatic rings. The summed E-state index contributed by atoms with van der Waals surface area (Å²) in [5, 5.41) is 2.93. The lowest BCUT2D eigenvalue weighted by Crippen LogP contribution is -2.22. The Morgan fingerprint density at radius 3 is 2.17 bits per heavy atom. The Kier molecular flexibility index (Phi) is 7.25. The minimum absolute atomic E-state index is 0.127. The zero-order chi connectivity index (χ0) is 20.5. The number of ether oxygens (including phenoxy) is 3. The second-order valence-electron chi connectivity index (χ2n) is 6.57. The molecule has 0 aliphatic carbocycles. The van der Waals surface area contributed by atoms with Gasteiger partial charge in [-0.3, -0.25) is 4.79 Å². The number of amides is 1. The fourth-order valence-corrected chi connectivity index (χ4v) is 2.88. The van der Waals surface area contributed by atoms with Gasteiger partial charge in [-0.1, -0.05) is 48.5 Å². The smallest absolute Gasteiger partial charge is 0.251 e. The van der Waals surface area contributed by atoms with Crippen LogP contribution < -0.4 is 14.8 Å². The minimum atomic E-state index is -0.127. The first-order chi connectivity index (χ1) is 14.2. The highest BCUT2D eigenvalue weighted by Crippen LogP contribution is 2.28. The predicted octanol–water partition coefficient (Wildman–Crippen LogP) is 4.35. The van der Waals surface area contributed by atoms with E-state index < -0.39 is 0 Å². The molecule has 3 aromatic rings. The van der Waals surface area contributed by atoms with Crippen LogP contribution in [0.25, 0.3) is 0 Å². The number of hydrogen-bond acceptors (Lipinski definition) is 4. The standard InChI is InChI=1S/C24H25NO4/c1-27-16-19-8-11-21(12-9-19)24(26)25-15-20-10-13-22(23(14-20)28-2)29-17-18-6-4-3-5-7-18/h3-14H,15-17H2,1-2H3,(H,25,26). The molecule has 0 aliphatic heterocycles. The first-order valence-electron chi connectivity index (χ1n) is 9.39. The molecule has 1 N–H and O–H groups in total. The highest BCUT2D eigenvalue weighted by Gasteiger charge is 2.09. The van der Waals surface area contributed by atoms with Gasteiger partial charge < -0.3 is 19.5 Å². The van der Waals surface area contributed by atoms with Gasteiger partial charge in [-0.15, -0.1) is 0 Å². The molecule has 0 fully saturated rings. The zero-order valence-corrected chi connectivity index (χ0v) is 16.7. The van der Waals surface area contributed by atoms with Gasteiger partial charge in [0.25, 0.3) is 5.91 Å². The number of hydrogen-bond donors (Lipinski definition) is 1. The molecule has 0 heterocycles. The van der Waals surface area contributed by atoms with Gasteiger partial charge in [0.15, 0.2) is 11.5 Å². The number of carbonyl (C=O) groups excluding carboxylic acids is 1. The molecule has 5 nitrogen and oxygen atoms in total. The van der Waals surface area contributed by atoms with Crippen molar-refractivity contribution in [1.82, 2.24) is 5.32 Å². The minimum Gasteiger partial charge on any atom is -0.493 e. The molecule has 5 heteroatoms. The summed E-state index contributed by atoms with van der Waals surface area (Å²) in [6.45, 7) is 1.39. The summed E-state index contributed by atoms with van der Waals surface area (Å²) in [6, 6.07) is 23.0. The average molecular weight is 391 g/mol. The maximum atomic E-state index is 12.4. The van der Waals surface area contributed by atoms with Gasteiger partial charge in [0, 0.05) is 19.2 Å². The van der Waals surface area contributed by atoms with E-state index in [2.05, 4.69) is 5.32 Å². The van der Waals surface area contributed by atoms with E-state index >= 15 is 0 Å². The second kappa shape index (κ2) is 10.3. The summed E-state index contributed by atoms with van der Waals surface area (Å²) in [5.41, 5.74) is 3.65. The third-order valence-electron chi connectivity index (χ3n) is 4.45. The third-order valence-corrected chi connectivity index (χ3v) is 4.45. The first-order valence-corrected chi connectivity index (χ1v) is 9.39. The Morgan fingerprint density at radius 1 is 0.793 bits per heavy atom. The molecule has 3 rings (SSSR count). The molecule has 0 saturated heterocycles. The lowest BCUT2D eigenvalue weighted by molar-refractivity contribution is 0.0950. The normalized spacial score (nSPS) is 10.4. The van der Waals surface area contributed by atoms with Crippen LogP contribution in [-0.4, -0.2) is 20.1 Å². The van der Waals surface area contributed by atoms with Crippen LogP contribution in [0.15, 0.2) is 72.8 Å². The number of carbonyl (C=O) groups is 1. The lowest BCUT2D eigenvalue weighted by Gasteiger charge is -2.13. The monoisotopic (exact) mass is 391 g/mol. The fraction of sp³-hybridized carbons (Fsp3) is 0.208. The van der Waals surface area contributed by atoms with Crippen molar-refractivity contribution in [3.8, 4) is 11.5 Å². The van der Waals surface area contributed by atoms with E-state index in [9.17, 15) is 4.79 Å². The Bertz CT molecular complexity index is 923. The SMILES string of the molecule is COCc1ccc(C(=O)NCc2ccc(OCc3ccccc3)c(OC)c2)cc1. The van der Waals surface area contributed by atoms with Crippen molar-refractivity contribution < 1.29 is 19.0 Å². The predicted molar refractivity (Wildman–Crippen MR) is 112 cm³/mol. The van der Waals surface area contributed by atoms with Gasteiger partial charge in [-0.25, -0.2) is 0 Å². The van der Waals surface area contributed by atoms with Crippen LogP contribution in [-0.2, 0) is 24.5 Å². The number of nitrogens with one attached hydrogen (secondary N) is 1. The first kappa shape index (κ1) is 20.4. The van der Waals surface area contributed by atoms with E-state index in [-0.39, 0.29) is 5.91 Å². The molecule has 150 valence electrons. The van der Waals surface area contributed by atoms with Crippen LogP contribution in [0.3, 0.4) is 0 Å². The molecule has 3 aromatic carbocycles. The number of methoxy groups -OCH3 is 2.